The third-order valence-corrected chi connectivity index (χ3v) is 4.37. The highest BCUT2D eigenvalue weighted by molar-refractivity contribution is 5.79. The van der Waals surface area contributed by atoms with Crippen molar-refractivity contribution in [3.05, 3.63) is 0 Å². The van der Waals surface area contributed by atoms with Gasteiger partial charge in [-0.2, -0.15) is 0 Å². The Balaban J connectivity index is 1.94. The number of hydrogen-bond donors (Lipinski definition) is 1. The van der Waals surface area contributed by atoms with Crippen LogP contribution in [-0.4, -0.2) is 29.9 Å². The molecule has 2 saturated carbocycles. The van der Waals surface area contributed by atoms with Gasteiger partial charge in [-0.3, -0.25) is 4.79 Å². The van der Waals surface area contributed by atoms with E-state index in [0.29, 0.717) is 24.4 Å². The molecule has 0 aromatic heterocycles. The fraction of sp³-hybridized carbons (Fsp3) is 0.929. The van der Waals surface area contributed by atoms with Gasteiger partial charge in [-0.15, -0.1) is 0 Å². The highest BCUT2D eigenvalue weighted by atomic mass is 16.2. The van der Waals surface area contributed by atoms with Crippen LogP contribution in [0.15, 0.2) is 0 Å². The molecule has 0 aromatic carbocycles. The van der Waals surface area contributed by atoms with Crippen LogP contribution >= 0.6 is 0 Å². The fourth-order valence-corrected chi connectivity index (χ4v) is 3.01. The first-order valence-corrected chi connectivity index (χ1v) is 7.24. The molecule has 0 bridgehead atoms. The lowest BCUT2D eigenvalue weighted by Crippen LogP contribution is -2.43. The summed E-state index contributed by atoms with van der Waals surface area (Å²) in [5.41, 5.74) is 5.59. The van der Waals surface area contributed by atoms with Gasteiger partial charge in [0, 0.05) is 18.5 Å². The second-order valence-corrected chi connectivity index (χ2v) is 5.74. The lowest BCUT2D eigenvalue weighted by Gasteiger charge is -2.31. The number of carbonyl (C=O) groups excluding carboxylic acids is 1. The Labute approximate surface area is 105 Å². The minimum atomic E-state index is 0.244. The Morgan fingerprint density at radius 2 is 1.94 bits per heavy atom. The van der Waals surface area contributed by atoms with Crippen LogP contribution in [0.5, 0.6) is 0 Å². The van der Waals surface area contributed by atoms with E-state index < -0.39 is 0 Å². The molecule has 1 unspecified atom stereocenters. The van der Waals surface area contributed by atoms with E-state index in [1.807, 2.05) is 0 Å². The lowest BCUT2D eigenvalue weighted by atomic mass is 10.0. The molecule has 1 amide bonds. The van der Waals surface area contributed by atoms with Crippen molar-refractivity contribution in [1.29, 1.82) is 0 Å². The minimum Gasteiger partial charge on any atom is -0.339 e. The van der Waals surface area contributed by atoms with Crippen LogP contribution in [0.4, 0.5) is 0 Å². The zero-order chi connectivity index (χ0) is 12.3. The molecule has 1 atom stereocenters. The minimum absolute atomic E-state index is 0.244. The van der Waals surface area contributed by atoms with Gasteiger partial charge in [0.15, 0.2) is 0 Å². The maximum Gasteiger partial charge on any atom is 0.225 e. The molecule has 0 aliphatic heterocycles. The largest absolute Gasteiger partial charge is 0.339 e. The molecule has 0 saturated heterocycles. The van der Waals surface area contributed by atoms with E-state index in [1.165, 1.54) is 38.5 Å². The number of carbonyl (C=O) groups is 1. The molecular formula is C14H26N2O. The molecule has 2 N–H and O–H groups in total. The van der Waals surface area contributed by atoms with Gasteiger partial charge in [-0.1, -0.05) is 19.8 Å². The molecule has 0 spiro atoms. The third kappa shape index (κ3) is 3.21. The highest BCUT2D eigenvalue weighted by Crippen LogP contribution is 2.38. The molecular weight excluding hydrogens is 212 g/mol. The number of amides is 1. The van der Waals surface area contributed by atoms with E-state index >= 15 is 0 Å². The van der Waals surface area contributed by atoms with E-state index in [0.717, 1.165) is 13.0 Å². The molecule has 2 aliphatic carbocycles. The summed E-state index contributed by atoms with van der Waals surface area (Å²) in [4.78, 5) is 14.7. The normalized spacial score (nSPS) is 22.7. The van der Waals surface area contributed by atoms with Crippen LogP contribution in [0.25, 0.3) is 0 Å². The standard InChI is InChI=1S/C14H26N2O/c1-11(12-7-8-12)14(17)16(10-4-9-15)13-5-2-3-6-13/h11-13H,2-10,15H2,1H3. The van der Waals surface area contributed by atoms with Crippen molar-refractivity contribution in [2.24, 2.45) is 17.6 Å². The quantitative estimate of drug-likeness (QED) is 0.770. The van der Waals surface area contributed by atoms with Crippen molar-refractivity contribution in [3.63, 3.8) is 0 Å². The summed E-state index contributed by atoms with van der Waals surface area (Å²) < 4.78 is 0. The predicted octanol–water partition coefficient (Wildman–Crippen LogP) is 2.15. The maximum absolute atomic E-state index is 12.5. The van der Waals surface area contributed by atoms with E-state index in [1.54, 1.807) is 0 Å². The van der Waals surface area contributed by atoms with Gasteiger partial charge in [0.25, 0.3) is 0 Å². The Morgan fingerprint density at radius 1 is 1.29 bits per heavy atom. The number of hydrogen-bond acceptors (Lipinski definition) is 2. The summed E-state index contributed by atoms with van der Waals surface area (Å²) in [6, 6.07) is 0.509. The maximum atomic E-state index is 12.5. The van der Waals surface area contributed by atoms with Crippen LogP contribution < -0.4 is 5.73 Å². The second kappa shape index (κ2) is 5.85. The van der Waals surface area contributed by atoms with E-state index in [-0.39, 0.29) is 5.92 Å². The molecule has 98 valence electrons. The van der Waals surface area contributed by atoms with Gasteiger partial charge in [-0.05, 0) is 44.6 Å². The molecule has 2 rings (SSSR count). The first-order valence-electron chi connectivity index (χ1n) is 7.24. The summed E-state index contributed by atoms with van der Waals surface area (Å²) in [7, 11) is 0. The number of nitrogens with two attached hydrogens (primary N) is 1. The average Bonchev–Trinajstić information content (AvgIpc) is 3.05. The zero-order valence-corrected chi connectivity index (χ0v) is 11.0. The third-order valence-electron chi connectivity index (χ3n) is 4.37. The average molecular weight is 238 g/mol. The first-order chi connectivity index (χ1) is 8.24. The van der Waals surface area contributed by atoms with Gasteiger partial charge in [0.05, 0.1) is 0 Å². The SMILES string of the molecule is CC(C(=O)N(CCCN)C1CCCC1)C1CC1. The molecule has 3 nitrogen and oxygen atoms in total. The Kier molecular flexibility index (Phi) is 4.43. The summed E-state index contributed by atoms with van der Waals surface area (Å²) in [6.07, 6.45) is 8.43. The van der Waals surface area contributed by atoms with Gasteiger partial charge >= 0.3 is 0 Å². The lowest BCUT2D eigenvalue weighted by molar-refractivity contribution is -0.138. The van der Waals surface area contributed by atoms with Crippen LogP contribution in [0.3, 0.4) is 0 Å². The Bertz CT molecular complexity index is 257. The van der Waals surface area contributed by atoms with Gasteiger partial charge in [0.2, 0.25) is 5.91 Å². The van der Waals surface area contributed by atoms with Crippen molar-refractivity contribution in [3.8, 4) is 0 Å². The summed E-state index contributed by atoms with van der Waals surface area (Å²) in [6.45, 7) is 3.68. The second-order valence-electron chi connectivity index (χ2n) is 5.74. The fourth-order valence-electron chi connectivity index (χ4n) is 3.01. The molecule has 0 radical (unpaired) electrons. The zero-order valence-electron chi connectivity index (χ0n) is 11.0. The summed E-state index contributed by atoms with van der Waals surface area (Å²) in [5.74, 6) is 1.31. The van der Waals surface area contributed by atoms with E-state index in [2.05, 4.69) is 11.8 Å². The van der Waals surface area contributed by atoms with Crippen LogP contribution in [0.1, 0.15) is 51.9 Å². The van der Waals surface area contributed by atoms with E-state index in [4.69, 9.17) is 5.73 Å². The van der Waals surface area contributed by atoms with Crippen molar-refractivity contribution < 1.29 is 4.79 Å². The molecule has 2 aliphatic rings. The van der Waals surface area contributed by atoms with Crippen LogP contribution in [-0.2, 0) is 4.79 Å². The summed E-state index contributed by atoms with van der Waals surface area (Å²) in [5, 5.41) is 0. The van der Waals surface area contributed by atoms with Crippen molar-refractivity contribution in [2.45, 2.75) is 57.9 Å². The van der Waals surface area contributed by atoms with Gasteiger partial charge in [0.1, 0.15) is 0 Å². The van der Waals surface area contributed by atoms with Crippen molar-refractivity contribution in [2.75, 3.05) is 13.1 Å². The predicted molar refractivity (Wildman–Crippen MR) is 69.5 cm³/mol. The van der Waals surface area contributed by atoms with Gasteiger partial charge < -0.3 is 10.6 Å². The van der Waals surface area contributed by atoms with Crippen molar-refractivity contribution >= 4 is 5.91 Å². The number of rotatable bonds is 6. The highest BCUT2D eigenvalue weighted by Gasteiger charge is 2.37. The van der Waals surface area contributed by atoms with Crippen molar-refractivity contribution in [1.82, 2.24) is 4.90 Å². The number of nitrogens with zero attached hydrogens (tertiary/aromatic N) is 1. The topological polar surface area (TPSA) is 46.3 Å². The molecule has 0 aromatic rings. The Hall–Kier alpha value is -0.570. The molecule has 17 heavy (non-hydrogen) atoms. The van der Waals surface area contributed by atoms with E-state index in [9.17, 15) is 4.79 Å². The molecule has 0 heterocycles. The van der Waals surface area contributed by atoms with Crippen LogP contribution in [0.2, 0.25) is 0 Å². The summed E-state index contributed by atoms with van der Waals surface area (Å²) >= 11 is 0. The smallest absolute Gasteiger partial charge is 0.225 e. The molecule has 2 fully saturated rings. The first kappa shape index (κ1) is 12.9. The molecule has 3 heteroatoms. The monoisotopic (exact) mass is 238 g/mol. The van der Waals surface area contributed by atoms with Gasteiger partial charge in [-0.25, -0.2) is 0 Å². The van der Waals surface area contributed by atoms with Crippen LogP contribution in [0, 0.1) is 11.8 Å². The Morgan fingerprint density at radius 3 is 2.47 bits per heavy atom.